The molecular weight excluding hydrogens is 456 g/mol. The van der Waals surface area contributed by atoms with Crippen molar-refractivity contribution in [3.63, 3.8) is 0 Å². The van der Waals surface area contributed by atoms with Crippen LogP contribution in [0.1, 0.15) is 59.8 Å². The van der Waals surface area contributed by atoms with Gasteiger partial charge in [-0.3, -0.25) is 4.79 Å². The van der Waals surface area contributed by atoms with Crippen LogP contribution < -0.4 is 0 Å². The minimum atomic E-state index is -1.81. The molecule has 0 aromatic heterocycles. The second-order valence-corrected chi connectivity index (χ2v) is 10.4. The zero-order valence-electron chi connectivity index (χ0n) is 20.7. The lowest BCUT2D eigenvalue weighted by Crippen LogP contribution is -2.63. The minimum absolute atomic E-state index is 0.00631. The van der Waals surface area contributed by atoms with Crippen LogP contribution in [-0.2, 0) is 28.5 Å². The smallest absolute Gasteiger partial charge is 0.435 e. The number of esters is 1. The molecule has 0 saturated heterocycles. The van der Waals surface area contributed by atoms with Crippen molar-refractivity contribution in [1.82, 2.24) is 0 Å². The number of ether oxygens (including phenoxy) is 4. The van der Waals surface area contributed by atoms with Crippen molar-refractivity contribution in [2.24, 2.45) is 28.6 Å². The van der Waals surface area contributed by atoms with Crippen LogP contribution in [0.3, 0.4) is 0 Å². The molecule has 0 aromatic carbocycles. The van der Waals surface area contributed by atoms with Crippen LogP contribution >= 0.6 is 0 Å². The predicted octanol–water partition coefficient (Wildman–Crippen LogP) is 3.88. The molecular formula is C26H34O9. The summed E-state index contributed by atoms with van der Waals surface area (Å²) >= 11 is 0. The van der Waals surface area contributed by atoms with Gasteiger partial charge in [0.15, 0.2) is 5.78 Å². The molecule has 3 saturated carbocycles. The van der Waals surface area contributed by atoms with E-state index >= 15 is 0 Å². The fourth-order valence-electron chi connectivity index (χ4n) is 7.45. The molecule has 35 heavy (non-hydrogen) atoms. The van der Waals surface area contributed by atoms with E-state index in [-0.39, 0.29) is 49.6 Å². The summed E-state index contributed by atoms with van der Waals surface area (Å²) in [5, 5.41) is 11.5. The lowest BCUT2D eigenvalue weighted by atomic mass is 9.46. The van der Waals surface area contributed by atoms with E-state index < -0.39 is 40.8 Å². The third kappa shape index (κ3) is 3.88. The van der Waals surface area contributed by atoms with Crippen molar-refractivity contribution < 1.29 is 43.2 Å². The maximum atomic E-state index is 13.5. The molecule has 9 heteroatoms. The molecule has 7 atom stereocenters. The first-order valence-electron chi connectivity index (χ1n) is 12.4. The molecule has 4 rings (SSSR count). The van der Waals surface area contributed by atoms with Crippen LogP contribution in [0.15, 0.2) is 23.8 Å². The fourth-order valence-corrected chi connectivity index (χ4v) is 7.45. The van der Waals surface area contributed by atoms with Gasteiger partial charge in [-0.2, -0.15) is 0 Å². The number of carbonyl (C=O) groups is 4. The Balaban J connectivity index is 1.72. The maximum Gasteiger partial charge on any atom is 0.516 e. The molecule has 192 valence electrons. The molecule has 0 amide bonds. The van der Waals surface area contributed by atoms with Crippen LogP contribution in [0.5, 0.6) is 0 Å². The highest BCUT2D eigenvalue weighted by atomic mass is 16.8. The van der Waals surface area contributed by atoms with Crippen molar-refractivity contribution in [2.75, 3.05) is 13.2 Å². The average molecular weight is 491 g/mol. The molecule has 3 fully saturated rings. The summed E-state index contributed by atoms with van der Waals surface area (Å²) in [6.07, 6.45) is 4.37. The Bertz CT molecular complexity index is 983. The van der Waals surface area contributed by atoms with E-state index in [1.54, 1.807) is 26.0 Å². The van der Waals surface area contributed by atoms with E-state index in [0.717, 1.165) is 12.0 Å². The van der Waals surface area contributed by atoms with Gasteiger partial charge in [0.2, 0.25) is 5.60 Å². The van der Waals surface area contributed by atoms with E-state index in [1.807, 2.05) is 13.0 Å². The molecule has 3 unspecified atom stereocenters. The van der Waals surface area contributed by atoms with Gasteiger partial charge in [0, 0.05) is 16.7 Å². The monoisotopic (exact) mass is 490 g/mol. The number of allylic oxidation sites excluding steroid dienone is 4. The topological polar surface area (TPSA) is 125 Å². The quantitative estimate of drug-likeness (QED) is 0.461. The SMILES string of the molecule is CCOC(=O)OC(=O)[C@@]1(OC(=O)OCC)CCC2C3CCC4=CC(=O)C=C[C@]4(C)C3[C@@H](O)C[C@]21C. The highest BCUT2D eigenvalue weighted by Crippen LogP contribution is 2.68. The van der Waals surface area contributed by atoms with Crippen LogP contribution in [-0.4, -0.2) is 54.1 Å². The Morgan fingerprint density at radius 2 is 1.77 bits per heavy atom. The maximum absolute atomic E-state index is 13.5. The zero-order chi connectivity index (χ0) is 25.6. The van der Waals surface area contributed by atoms with E-state index in [2.05, 4.69) is 6.92 Å². The van der Waals surface area contributed by atoms with Gasteiger partial charge in [0.25, 0.3) is 0 Å². The number of aliphatic hydroxyl groups excluding tert-OH is 1. The molecule has 0 aromatic rings. The third-order valence-corrected chi connectivity index (χ3v) is 8.90. The molecule has 0 heterocycles. The van der Waals surface area contributed by atoms with Gasteiger partial charge in [0.1, 0.15) is 0 Å². The zero-order valence-corrected chi connectivity index (χ0v) is 20.7. The lowest BCUT2D eigenvalue weighted by Gasteiger charge is -2.59. The highest BCUT2D eigenvalue weighted by Gasteiger charge is 2.72. The van der Waals surface area contributed by atoms with E-state index in [4.69, 9.17) is 18.9 Å². The van der Waals surface area contributed by atoms with Gasteiger partial charge in [-0.15, -0.1) is 0 Å². The molecule has 0 radical (unpaired) electrons. The normalized spacial score (nSPS) is 39.5. The highest BCUT2D eigenvalue weighted by molar-refractivity contribution is 6.01. The molecule has 4 aliphatic carbocycles. The Hall–Kier alpha value is -2.68. The number of hydrogen-bond donors (Lipinski definition) is 1. The van der Waals surface area contributed by atoms with Gasteiger partial charge >= 0.3 is 18.3 Å². The van der Waals surface area contributed by atoms with Crippen LogP contribution in [0.25, 0.3) is 0 Å². The number of aliphatic hydroxyl groups is 1. The molecule has 9 nitrogen and oxygen atoms in total. The summed E-state index contributed by atoms with van der Waals surface area (Å²) in [6, 6.07) is 0. The summed E-state index contributed by atoms with van der Waals surface area (Å²) in [5.41, 5.74) is -2.27. The molecule has 1 N–H and O–H groups in total. The number of fused-ring (bicyclic) bond motifs is 5. The third-order valence-electron chi connectivity index (χ3n) is 8.90. The average Bonchev–Trinajstić information content (AvgIpc) is 3.06. The first-order chi connectivity index (χ1) is 16.5. The second-order valence-electron chi connectivity index (χ2n) is 10.4. The number of carbonyl (C=O) groups excluding carboxylic acids is 4. The molecule has 0 bridgehead atoms. The van der Waals surface area contributed by atoms with Gasteiger partial charge in [-0.25, -0.2) is 14.4 Å². The number of ketones is 1. The Morgan fingerprint density at radius 3 is 2.46 bits per heavy atom. The van der Waals surface area contributed by atoms with Crippen LogP contribution in [0.4, 0.5) is 9.59 Å². The van der Waals surface area contributed by atoms with Crippen molar-refractivity contribution >= 4 is 24.1 Å². The van der Waals surface area contributed by atoms with Gasteiger partial charge < -0.3 is 24.1 Å². The Labute approximate surface area is 204 Å². The molecule has 0 aliphatic heterocycles. The fraction of sp³-hybridized carbons (Fsp3) is 0.692. The van der Waals surface area contributed by atoms with Crippen LogP contribution in [0.2, 0.25) is 0 Å². The van der Waals surface area contributed by atoms with E-state index in [1.165, 1.54) is 0 Å². The van der Waals surface area contributed by atoms with E-state index in [9.17, 15) is 24.3 Å². The Kier molecular flexibility index (Phi) is 6.59. The van der Waals surface area contributed by atoms with Gasteiger partial charge in [0.05, 0.1) is 19.3 Å². The Morgan fingerprint density at radius 1 is 1.09 bits per heavy atom. The number of hydrogen-bond acceptors (Lipinski definition) is 9. The summed E-state index contributed by atoms with van der Waals surface area (Å²) in [6.45, 7) is 7.15. The predicted molar refractivity (Wildman–Crippen MR) is 122 cm³/mol. The minimum Gasteiger partial charge on any atom is -0.435 e. The van der Waals surface area contributed by atoms with Crippen molar-refractivity contribution in [3.8, 4) is 0 Å². The van der Waals surface area contributed by atoms with Crippen molar-refractivity contribution in [3.05, 3.63) is 23.8 Å². The summed E-state index contributed by atoms with van der Waals surface area (Å²) in [7, 11) is 0. The molecule has 4 aliphatic rings. The first kappa shape index (κ1) is 25.4. The van der Waals surface area contributed by atoms with Crippen LogP contribution in [0, 0.1) is 28.6 Å². The van der Waals surface area contributed by atoms with Gasteiger partial charge in [-0.1, -0.05) is 25.5 Å². The first-order valence-corrected chi connectivity index (χ1v) is 12.4. The largest absolute Gasteiger partial charge is 0.516 e. The summed E-state index contributed by atoms with van der Waals surface area (Å²) < 4.78 is 20.5. The van der Waals surface area contributed by atoms with Crippen molar-refractivity contribution in [1.29, 1.82) is 0 Å². The summed E-state index contributed by atoms with van der Waals surface area (Å²) in [5.74, 6) is -1.30. The standard InChI is InChI=1S/C26H34O9/c1-5-32-22(30)34-21(29)26(35-23(31)33-6-2)12-10-18-17-8-7-15-13-16(27)9-11-24(15,3)20(17)19(28)14-25(18,26)4/h9,11,13,17-20,28H,5-8,10,12,14H2,1-4H3/t17?,18?,19-,20?,24-,25+,26-/m0/s1. The second kappa shape index (κ2) is 9.08. The lowest BCUT2D eigenvalue weighted by molar-refractivity contribution is -0.197. The number of rotatable bonds is 4. The summed E-state index contributed by atoms with van der Waals surface area (Å²) in [4.78, 5) is 50.0. The van der Waals surface area contributed by atoms with E-state index in [0.29, 0.717) is 12.8 Å². The van der Waals surface area contributed by atoms with Crippen molar-refractivity contribution in [2.45, 2.75) is 71.5 Å². The van der Waals surface area contributed by atoms with Gasteiger partial charge in [-0.05, 0) is 69.9 Å². The molecule has 0 spiro atoms.